The molecular formula is C23H29N5O2S2. The molecule has 32 heavy (non-hydrogen) atoms. The molecule has 170 valence electrons. The Kier molecular flexibility index (Phi) is 7.93. The molecule has 2 aliphatic heterocycles. The van der Waals surface area contributed by atoms with Crippen LogP contribution in [0.3, 0.4) is 0 Å². The van der Waals surface area contributed by atoms with Crippen molar-refractivity contribution in [1.82, 2.24) is 14.4 Å². The number of aromatic nitrogens is 1. The van der Waals surface area contributed by atoms with Gasteiger partial charge in [-0.3, -0.25) is 19.1 Å². The van der Waals surface area contributed by atoms with Crippen molar-refractivity contribution in [2.45, 2.75) is 33.2 Å². The summed E-state index contributed by atoms with van der Waals surface area (Å²) in [5.41, 5.74) is 1.23. The first kappa shape index (κ1) is 24.2. The highest BCUT2D eigenvalue weighted by Crippen LogP contribution is 2.36. The van der Waals surface area contributed by atoms with Gasteiger partial charge in [0.15, 0.2) is 0 Å². The fraction of sp³-hybridized carbons (Fsp3) is 0.478. The van der Waals surface area contributed by atoms with Gasteiger partial charge >= 0.3 is 0 Å². The molecule has 0 N–H and O–H groups in total. The SMILES string of the molecule is C=CCN1C(=O)/C(=C\c2c(C)c(C#N)c(=O)n(CCCC)c2N2CCN(C)CC2)SC1=S. The largest absolute Gasteiger partial charge is 0.355 e. The molecule has 0 atom stereocenters. The molecule has 0 bridgehead atoms. The topological polar surface area (TPSA) is 72.6 Å². The first-order valence-corrected chi connectivity index (χ1v) is 12.0. The molecule has 0 radical (unpaired) electrons. The number of rotatable bonds is 7. The molecule has 1 amide bonds. The van der Waals surface area contributed by atoms with Crippen molar-refractivity contribution >= 4 is 46.1 Å². The highest BCUT2D eigenvalue weighted by Gasteiger charge is 2.32. The molecule has 0 aromatic carbocycles. The number of pyridine rings is 1. The summed E-state index contributed by atoms with van der Waals surface area (Å²) < 4.78 is 2.22. The molecule has 1 aromatic rings. The van der Waals surface area contributed by atoms with Gasteiger partial charge in [-0.1, -0.05) is 43.4 Å². The molecule has 2 fully saturated rings. The van der Waals surface area contributed by atoms with Gasteiger partial charge in [0.05, 0.1) is 4.91 Å². The van der Waals surface area contributed by atoms with E-state index in [-0.39, 0.29) is 17.0 Å². The molecule has 7 nitrogen and oxygen atoms in total. The Labute approximate surface area is 199 Å². The van der Waals surface area contributed by atoms with E-state index < -0.39 is 0 Å². The Morgan fingerprint density at radius 2 is 1.94 bits per heavy atom. The number of unbranched alkanes of at least 4 members (excludes halogenated alkanes) is 1. The number of hydrogen-bond donors (Lipinski definition) is 0. The summed E-state index contributed by atoms with van der Waals surface area (Å²) >= 11 is 6.64. The van der Waals surface area contributed by atoms with Crippen LogP contribution in [0.2, 0.25) is 0 Å². The van der Waals surface area contributed by atoms with Crippen LogP contribution < -0.4 is 10.5 Å². The predicted molar refractivity (Wildman–Crippen MR) is 135 cm³/mol. The maximum atomic E-state index is 13.3. The van der Waals surface area contributed by atoms with Gasteiger partial charge in [-0.05, 0) is 32.0 Å². The fourth-order valence-electron chi connectivity index (χ4n) is 3.94. The van der Waals surface area contributed by atoms with E-state index >= 15 is 0 Å². The molecule has 1 aromatic heterocycles. The third-order valence-corrected chi connectivity index (χ3v) is 7.22. The number of nitrogens with zero attached hydrogens (tertiary/aromatic N) is 5. The summed E-state index contributed by atoms with van der Waals surface area (Å²) in [7, 11) is 2.08. The van der Waals surface area contributed by atoms with E-state index in [0.717, 1.165) is 50.4 Å². The van der Waals surface area contributed by atoms with Gasteiger partial charge in [-0.25, -0.2) is 0 Å². The molecular weight excluding hydrogens is 442 g/mol. The van der Waals surface area contributed by atoms with Crippen LogP contribution in [-0.4, -0.2) is 64.4 Å². The Bertz CT molecular complexity index is 1060. The minimum Gasteiger partial charge on any atom is -0.355 e. The normalized spacial score (nSPS) is 18.5. The fourth-order valence-corrected chi connectivity index (χ4v) is 5.20. The third-order valence-electron chi connectivity index (χ3n) is 5.85. The van der Waals surface area contributed by atoms with Crippen LogP contribution in [0.1, 0.15) is 36.5 Å². The van der Waals surface area contributed by atoms with Gasteiger partial charge < -0.3 is 9.80 Å². The van der Waals surface area contributed by atoms with Crippen molar-refractivity contribution in [2.75, 3.05) is 44.7 Å². The molecule has 3 heterocycles. The molecule has 9 heteroatoms. The van der Waals surface area contributed by atoms with Crippen LogP contribution in [0, 0.1) is 18.3 Å². The highest BCUT2D eigenvalue weighted by atomic mass is 32.2. The average Bonchev–Trinajstić information content (AvgIpc) is 3.03. The van der Waals surface area contributed by atoms with Gasteiger partial charge in [0, 0.05) is 44.8 Å². The predicted octanol–water partition coefficient (Wildman–Crippen LogP) is 2.97. The standard InChI is InChI=1S/C23H29N5O2S2/c1-5-7-9-27-20(26-12-10-25(4)11-13-26)17(16(3)18(15-24)21(27)29)14-19-22(30)28(8-6-2)23(31)32-19/h6,14H,2,5,7-13H2,1,3-4H3/b19-14+. The minimum absolute atomic E-state index is 0.131. The Morgan fingerprint density at radius 1 is 1.25 bits per heavy atom. The minimum atomic E-state index is -0.260. The van der Waals surface area contributed by atoms with E-state index in [1.54, 1.807) is 17.6 Å². The van der Waals surface area contributed by atoms with E-state index in [0.29, 0.717) is 27.9 Å². The van der Waals surface area contributed by atoms with Gasteiger partial charge in [0.2, 0.25) is 0 Å². The monoisotopic (exact) mass is 471 g/mol. The molecule has 0 unspecified atom stereocenters. The van der Waals surface area contributed by atoms with Crippen LogP contribution >= 0.6 is 24.0 Å². The Hall–Kier alpha value is -2.41. The molecule has 0 aliphatic carbocycles. The smallest absolute Gasteiger partial charge is 0.270 e. The number of thioether (sulfide) groups is 1. The molecule has 0 spiro atoms. The van der Waals surface area contributed by atoms with E-state index in [9.17, 15) is 14.9 Å². The van der Waals surface area contributed by atoms with Gasteiger partial charge in [0.25, 0.3) is 11.5 Å². The zero-order chi connectivity index (χ0) is 23.4. The first-order valence-electron chi connectivity index (χ1n) is 10.8. The lowest BCUT2D eigenvalue weighted by Crippen LogP contribution is -2.47. The lowest BCUT2D eigenvalue weighted by atomic mass is 10.0. The summed E-state index contributed by atoms with van der Waals surface area (Å²) in [6.45, 7) is 11.7. The zero-order valence-corrected chi connectivity index (χ0v) is 20.5. The lowest BCUT2D eigenvalue weighted by Gasteiger charge is -2.36. The van der Waals surface area contributed by atoms with E-state index in [4.69, 9.17) is 12.2 Å². The highest BCUT2D eigenvalue weighted by molar-refractivity contribution is 8.26. The van der Waals surface area contributed by atoms with Gasteiger partial charge in [-0.15, -0.1) is 6.58 Å². The zero-order valence-electron chi connectivity index (χ0n) is 18.9. The Balaban J connectivity index is 2.22. The second-order valence-electron chi connectivity index (χ2n) is 8.03. The van der Waals surface area contributed by atoms with Crippen LogP contribution in [0.15, 0.2) is 22.4 Å². The van der Waals surface area contributed by atoms with Crippen molar-refractivity contribution in [1.29, 1.82) is 5.26 Å². The summed E-state index contributed by atoms with van der Waals surface area (Å²) in [5.74, 6) is 0.621. The van der Waals surface area contributed by atoms with Crippen molar-refractivity contribution in [3.8, 4) is 6.07 Å². The van der Waals surface area contributed by atoms with Gasteiger partial charge in [-0.2, -0.15) is 5.26 Å². The molecule has 3 rings (SSSR count). The Morgan fingerprint density at radius 3 is 2.53 bits per heavy atom. The number of nitriles is 1. The van der Waals surface area contributed by atoms with Gasteiger partial charge in [0.1, 0.15) is 21.8 Å². The van der Waals surface area contributed by atoms with E-state index in [2.05, 4.69) is 36.4 Å². The van der Waals surface area contributed by atoms with Crippen LogP contribution in [0.25, 0.3) is 6.08 Å². The van der Waals surface area contributed by atoms with Crippen molar-refractivity contribution < 1.29 is 4.79 Å². The molecule has 2 saturated heterocycles. The van der Waals surface area contributed by atoms with Crippen LogP contribution in [0.5, 0.6) is 0 Å². The van der Waals surface area contributed by atoms with E-state index in [1.165, 1.54) is 16.7 Å². The lowest BCUT2D eigenvalue weighted by molar-refractivity contribution is -0.121. The van der Waals surface area contributed by atoms with Crippen LogP contribution in [0.4, 0.5) is 5.82 Å². The van der Waals surface area contributed by atoms with Crippen molar-refractivity contribution in [3.63, 3.8) is 0 Å². The average molecular weight is 472 g/mol. The molecule has 2 aliphatic rings. The van der Waals surface area contributed by atoms with Crippen molar-refractivity contribution in [3.05, 3.63) is 44.6 Å². The first-order chi connectivity index (χ1) is 15.3. The maximum absolute atomic E-state index is 13.3. The quantitative estimate of drug-likeness (QED) is 0.344. The second-order valence-corrected chi connectivity index (χ2v) is 9.71. The second kappa shape index (κ2) is 10.5. The maximum Gasteiger partial charge on any atom is 0.270 e. The number of carbonyl (C=O) groups is 1. The van der Waals surface area contributed by atoms with Crippen LogP contribution in [-0.2, 0) is 11.3 Å². The summed E-state index contributed by atoms with van der Waals surface area (Å²) in [4.78, 5) is 32.7. The summed E-state index contributed by atoms with van der Waals surface area (Å²) in [6, 6.07) is 2.10. The number of likely N-dealkylation sites (N-methyl/N-ethyl adjacent to an activating group) is 1. The molecule has 0 saturated carbocycles. The summed E-state index contributed by atoms with van der Waals surface area (Å²) in [5, 5.41) is 9.76. The number of hydrogen-bond acceptors (Lipinski definition) is 7. The summed E-state index contributed by atoms with van der Waals surface area (Å²) in [6.07, 6.45) is 5.22. The third kappa shape index (κ3) is 4.68. The number of thiocarbonyl (C=S) groups is 1. The number of carbonyl (C=O) groups excluding carboxylic acids is 1. The number of amides is 1. The van der Waals surface area contributed by atoms with E-state index in [1.807, 2.05) is 6.08 Å². The number of piperazine rings is 1. The van der Waals surface area contributed by atoms with Crippen molar-refractivity contribution in [2.24, 2.45) is 0 Å². The number of anilines is 1.